The maximum absolute atomic E-state index is 11.2. The van der Waals surface area contributed by atoms with Crippen LogP contribution in [0.25, 0.3) is 0 Å². The topological polar surface area (TPSA) is 80.7 Å². The van der Waals surface area contributed by atoms with E-state index in [0.717, 1.165) is 0 Å². The molecule has 0 spiro atoms. The van der Waals surface area contributed by atoms with E-state index < -0.39 is 6.09 Å². The number of aromatic nitrogens is 2. The van der Waals surface area contributed by atoms with Crippen molar-refractivity contribution in [3.8, 4) is 0 Å². The molecule has 9 heteroatoms. The molecule has 0 radical (unpaired) electrons. The van der Waals surface area contributed by atoms with E-state index in [9.17, 15) is 4.79 Å². The number of carbonyl (C=O) groups excluding carboxylic acids is 1. The third kappa shape index (κ3) is 2.82. The highest BCUT2D eigenvalue weighted by Crippen LogP contribution is 2.16. The number of nitrogens with zero attached hydrogens (tertiary/aromatic N) is 3. The minimum absolute atomic E-state index is 0.0570. The molecule has 1 fully saturated rings. The second kappa shape index (κ2) is 5.87. The van der Waals surface area contributed by atoms with E-state index in [4.69, 9.17) is 25.6 Å². The summed E-state index contributed by atoms with van der Waals surface area (Å²) in [5.41, 5.74) is 0. The van der Waals surface area contributed by atoms with Crippen molar-refractivity contribution in [2.75, 3.05) is 43.2 Å². The Balaban J connectivity index is 2.05. The van der Waals surface area contributed by atoms with Gasteiger partial charge in [-0.15, -0.1) is 5.01 Å². The highest BCUT2D eigenvalue weighted by atomic mass is 35.5. The van der Waals surface area contributed by atoms with Gasteiger partial charge in [0.05, 0.1) is 37.7 Å². The highest BCUT2D eigenvalue weighted by Gasteiger charge is 2.31. The van der Waals surface area contributed by atoms with Crippen molar-refractivity contribution in [2.24, 2.45) is 0 Å². The number of amides is 1. The lowest BCUT2D eigenvalue weighted by atomic mass is 10.5. The molecule has 0 bridgehead atoms. The molecule has 0 unspecified atom stereocenters. The summed E-state index contributed by atoms with van der Waals surface area (Å²) in [7, 11) is 0. The molecular weight excluding hydrogens is 264 g/mol. The third-order valence-electron chi connectivity index (χ3n) is 2.32. The van der Waals surface area contributed by atoms with Gasteiger partial charge in [-0.05, 0) is 6.92 Å². The summed E-state index contributed by atoms with van der Waals surface area (Å²) in [6.45, 7) is 4.45. The van der Waals surface area contributed by atoms with Crippen molar-refractivity contribution in [3.05, 3.63) is 5.15 Å². The Morgan fingerprint density at radius 2 is 2.33 bits per heavy atom. The minimum atomic E-state index is -0.635. The van der Waals surface area contributed by atoms with Gasteiger partial charge >= 0.3 is 17.1 Å². The Morgan fingerprint density at radius 1 is 1.61 bits per heavy atom. The molecule has 1 aliphatic rings. The predicted molar refractivity (Wildman–Crippen MR) is 61.1 cm³/mol. The summed E-state index contributed by atoms with van der Waals surface area (Å²) >= 11 is 6.06. The first kappa shape index (κ1) is 12.9. The summed E-state index contributed by atoms with van der Waals surface area (Å²) in [5.74, 6) is 0.0570. The van der Waals surface area contributed by atoms with Crippen LogP contribution in [-0.4, -0.2) is 44.3 Å². The lowest BCUT2D eigenvalue weighted by Crippen LogP contribution is -2.63. The Kier molecular flexibility index (Phi) is 4.21. The summed E-state index contributed by atoms with van der Waals surface area (Å²) in [6, 6.07) is 0. The van der Waals surface area contributed by atoms with Crippen LogP contribution in [0.2, 0.25) is 5.15 Å². The molecule has 1 aliphatic heterocycles. The standard InChI is InChI=1S/C9H13ClN4O4/c1-2-17-9(15)11-8-7(10)14(12-18-8)13-3-5-16-6-4-13/h2-6H2,1H3/p+1. The van der Waals surface area contributed by atoms with Crippen LogP contribution in [0.5, 0.6) is 0 Å². The van der Waals surface area contributed by atoms with E-state index in [-0.39, 0.29) is 17.6 Å². The first-order chi connectivity index (χ1) is 8.72. The quantitative estimate of drug-likeness (QED) is 0.792. The van der Waals surface area contributed by atoms with Gasteiger partial charge in [0.1, 0.15) is 0 Å². The van der Waals surface area contributed by atoms with Gasteiger partial charge in [0, 0.05) is 11.6 Å². The summed E-state index contributed by atoms with van der Waals surface area (Å²) in [5, 5.41) is 8.17. The SMILES string of the molecule is CCOC(=O)Nc1on[n+](N2CCOCC2)c1Cl. The summed E-state index contributed by atoms with van der Waals surface area (Å²) in [4.78, 5) is 12.6. The van der Waals surface area contributed by atoms with Crippen LogP contribution < -0.4 is 15.1 Å². The lowest BCUT2D eigenvalue weighted by molar-refractivity contribution is -0.757. The van der Waals surface area contributed by atoms with Crippen LogP contribution in [0.3, 0.4) is 0 Å². The molecule has 2 heterocycles. The zero-order chi connectivity index (χ0) is 13.0. The van der Waals surface area contributed by atoms with E-state index in [1.54, 1.807) is 6.92 Å². The molecule has 2 rings (SSSR count). The fraction of sp³-hybridized carbons (Fsp3) is 0.667. The predicted octanol–water partition coefficient (Wildman–Crippen LogP) is 0.152. The van der Waals surface area contributed by atoms with Gasteiger partial charge in [-0.2, -0.15) is 0 Å². The second-order valence-electron chi connectivity index (χ2n) is 3.49. The average Bonchev–Trinajstić information content (AvgIpc) is 2.72. The number of halogens is 1. The molecule has 18 heavy (non-hydrogen) atoms. The number of nitrogens with one attached hydrogen (secondary N) is 1. The van der Waals surface area contributed by atoms with Crippen molar-refractivity contribution in [1.29, 1.82) is 0 Å². The third-order valence-corrected chi connectivity index (χ3v) is 2.64. The van der Waals surface area contributed by atoms with Crippen molar-refractivity contribution < 1.29 is 23.6 Å². The monoisotopic (exact) mass is 277 g/mol. The molecule has 1 aromatic rings. The molecule has 1 N–H and O–H groups in total. The number of morpholine rings is 1. The number of hydrogen-bond donors (Lipinski definition) is 1. The van der Waals surface area contributed by atoms with Crippen molar-refractivity contribution in [1.82, 2.24) is 5.27 Å². The molecule has 1 amide bonds. The number of anilines is 1. The van der Waals surface area contributed by atoms with Crippen LogP contribution in [0.4, 0.5) is 10.7 Å². The number of carbonyl (C=O) groups is 1. The Hall–Kier alpha value is -1.54. The number of hydrogen-bond acceptors (Lipinski definition) is 6. The summed E-state index contributed by atoms with van der Waals surface area (Å²) < 4.78 is 14.9. The van der Waals surface area contributed by atoms with Crippen LogP contribution in [0.15, 0.2) is 4.52 Å². The molecule has 1 aromatic heterocycles. The second-order valence-corrected chi connectivity index (χ2v) is 3.85. The van der Waals surface area contributed by atoms with Gasteiger partial charge < -0.3 is 9.47 Å². The Labute approximate surface area is 108 Å². The van der Waals surface area contributed by atoms with Crippen LogP contribution in [0.1, 0.15) is 6.92 Å². The van der Waals surface area contributed by atoms with Crippen LogP contribution in [0, 0.1) is 0 Å². The number of ether oxygens (including phenoxy) is 2. The van der Waals surface area contributed by atoms with E-state index in [1.165, 1.54) is 4.79 Å². The Morgan fingerprint density at radius 3 is 3.00 bits per heavy atom. The van der Waals surface area contributed by atoms with Gasteiger partial charge in [-0.25, -0.2) is 4.79 Å². The molecule has 0 aromatic carbocycles. The van der Waals surface area contributed by atoms with Gasteiger partial charge in [0.2, 0.25) is 5.27 Å². The van der Waals surface area contributed by atoms with Crippen LogP contribution in [-0.2, 0) is 9.47 Å². The van der Waals surface area contributed by atoms with E-state index >= 15 is 0 Å². The number of rotatable bonds is 3. The van der Waals surface area contributed by atoms with E-state index in [1.807, 2.05) is 5.01 Å². The molecule has 100 valence electrons. The lowest BCUT2D eigenvalue weighted by Gasteiger charge is -2.18. The van der Waals surface area contributed by atoms with E-state index in [2.05, 4.69) is 10.6 Å². The Bertz CT molecular complexity index is 419. The zero-order valence-electron chi connectivity index (χ0n) is 9.89. The average molecular weight is 278 g/mol. The van der Waals surface area contributed by atoms with E-state index in [0.29, 0.717) is 26.3 Å². The largest absolute Gasteiger partial charge is 0.450 e. The smallest absolute Gasteiger partial charge is 0.414 e. The molecule has 0 saturated carbocycles. The molecule has 8 nitrogen and oxygen atoms in total. The van der Waals surface area contributed by atoms with Crippen LogP contribution >= 0.6 is 11.6 Å². The van der Waals surface area contributed by atoms with Gasteiger partial charge in [-0.3, -0.25) is 9.84 Å². The van der Waals surface area contributed by atoms with Gasteiger partial charge in [0.15, 0.2) is 0 Å². The minimum Gasteiger partial charge on any atom is -0.450 e. The van der Waals surface area contributed by atoms with Gasteiger partial charge in [-0.1, -0.05) is 0 Å². The van der Waals surface area contributed by atoms with Gasteiger partial charge in [0.25, 0.3) is 0 Å². The molecule has 0 atom stereocenters. The first-order valence-corrected chi connectivity index (χ1v) is 5.94. The fourth-order valence-corrected chi connectivity index (χ4v) is 1.72. The maximum Gasteiger partial charge on any atom is 0.414 e. The van der Waals surface area contributed by atoms with Crippen molar-refractivity contribution in [2.45, 2.75) is 6.92 Å². The first-order valence-electron chi connectivity index (χ1n) is 5.56. The molecular formula is C9H14ClN4O4+. The maximum atomic E-state index is 11.2. The molecule has 1 saturated heterocycles. The van der Waals surface area contributed by atoms with Crippen molar-refractivity contribution in [3.63, 3.8) is 0 Å². The fourth-order valence-electron chi connectivity index (χ4n) is 1.50. The highest BCUT2D eigenvalue weighted by molar-refractivity contribution is 6.30. The zero-order valence-corrected chi connectivity index (χ0v) is 10.6. The summed E-state index contributed by atoms with van der Waals surface area (Å²) in [6.07, 6.45) is -0.635. The van der Waals surface area contributed by atoms with Crippen molar-refractivity contribution >= 4 is 23.6 Å². The molecule has 0 aliphatic carbocycles. The normalized spacial score (nSPS) is 15.6.